The van der Waals surface area contributed by atoms with Crippen LogP contribution < -0.4 is 5.32 Å². The highest BCUT2D eigenvalue weighted by Gasteiger charge is 2.28. The zero-order valence-electron chi connectivity index (χ0n) is 18.4. The Labute approximate surface area is 175 Å². The van der Waals surface area contributed by atoms with Gasteiger partial charge in [0.05, 0.1) is 12.4 Å². The van der Waals surface area contributed by atoms with Crippen molar-refractivity contribution in [2.45, 2.75) is 46.3 Å². The topological polar surface area (TPSA) is 48.7 Å². The Hall–Kier alpha value is -2.34. The average Bonchev–Trinajstić information content (AvgIpc) is 3.29. The summed E-state index contributed by atoms with van der Waals surface area (Å²) in [5.41, 5.74) is 2.65. The number of likely N-dealkylation sites (tertiary alicyclic amines) is 1. The van der Waals surface area contributed by atoms with Crippen LogP contribution in [-0.2, 0) is 13.1 Å². The average molecular weight is 397 g/mol. The number of rotatable bonds is 7. The van der Waals surface area contributed by atoms with Crippen molar-refractivity contribution in [3.8, 4) is 0 Å². The third kappa shape index (κ3) is 5.60. The first-order valence-corrected chi connectivity index (χ1v) is 10.9. The van der Waals surface area contributed by atoms with E-state index in [-0.39, 0.29) is 0 Å². The first-order valence-electron chi connectivity index (χ1n) is 10.9. The minimum Gasteiger partial charge on any atom is -0.352 e. The van der Waals surface area contributed by atoms with Gasteiger partial charge in [0.1, 0.15) is 0 Å². The Kier molecular flexibility index (Phi) is 7.69. The third-order valence-corrected chi connectivity index (χ3v) is 6.11. The number of hydrogen-bond acceptors (Lipinski definition) is 3. The van der Waals surface area contributed by atoms with Crippen LogP contribution in [0.25, 0.3) is 0 Å². The van der Waals surface area contributed by atoms with Gasteiger partial charge < -0.3 is 14.8 Å². The van der Waals surface area contributed by atoms with Crippen molar-refractivity contribution >= 4 is 5.96 Å². The van der Waals surface area contributed by atoms with Gasteiger partial charge in [0, 0.05) is 45.6 Å². The van der Waals surface area contributed by atoms with Crippen LogP contribution in [0.4, 0.5) is 0 Å². The van der Waals surface area contributed by atoms with E-state index in [4.69, 9.17) is 0 Å². The molecule has 2 aromatic rings. The van der Waals surface area contributed by atoms with Gasteiger partial charge in [-0.2, -0.15) is 0 Å². The molecule has 2 heterocycles. The summed E-state index contributed by atoms with van der Waals surface area (Å²) >= 11 is 0. The van der Waals surface area contributed by atoms with Gasteiger partial charge in [-0.25, -0.2) is 4.98 Å². The van der Waals surface area contributed by atoms with Gasteiger partial charge >= 0.3 is 0 Å². The van der Waals surface area contributed by atoms with E-state index in [1.807, 2.05) is 19.6 Å². The maximum atomic E-state index is 4.55. The number of piperidine rings is 1. The summed E-state index contributed by atoms with van der Waals surface area (Å²) in [5.74, 6) is 1.62. The minimum atomic E-state index is 0.434. The first-order chi connectivity index (χ1) is 14.1. The van der Waals surface area contributed by atoms with Crippen molar-refractivity contribution in [2.24, 2.45) is 10.9 Å². The van der Waals surface area contributed by atoms with E-state index in [2.05, 4.69) is 80.9 Å². The predicted octanol–water partition coefficient (Wildman–Crippen LogP) is 3.38. The Balaban J connectivity index is 1.56. The molecule has 1 aliphatic heterocycles. The minimum absolute atomic E-state index is 0.434. The molecule has 0 amide bonds. The van der Waals surface area contributed by atoms with Gasteiger partial charge in [-0.05, 0) is 36.6 Å². The Morgan fingerprint density at radius 2 is 1.93 bits per heavy atom. The number of hydrogen-bond donors (Lipinski definition) is 1. The van der Waals surface area contributed by atoms with Gasteiger partial charge in [-0.15, -0.1) is 0 Å². The lowest BCUT2D eigenvalue weighted by Crippen LogP contribution is -2.48. The maximum absolute atomic E-state index is 4.55. The van der Waals surface area contributed by atoms with Crippen LogP contribution in [0.1, 0.15) is 44.4 Å². The summed E-state index contributed by atoms with van der Waals surface area (Å²) in [6.07, 6.45) is 7.02. The van der Waals surface area contributed by atoms with E-state index in [0.717, 1.165) is 51.6 Å². The zero-order chi connectivity index (χ0) is 20.6. The second kappa shape index (κ2) is 10.4. The molecule has 2 unspecified atom stereocenters. The largest absolute Gasteiger partial charge is 0.352 e. The monoisotopic (exact) mass is 396 g/mol. The third-order valence-electron chi connectivity index (χ3n) is 6.11. The molecule has 158 valence electrons. The molecule has 29 heavy (non-hydrogen) atoms. The van der Waals surface area contributed by atoms with Crippen molar-refractivity contribution in [3.63, 3.8) is 0 Å². The van der Waals surface area contributed by atoms with Crippen LogP contribution in [0.2, 0.25) is 0 Å². The maximum Gasteiger partial charge on any atom is 0.193 e. The van der Waals surface area contributed by atoms with Gasteiger partial charge in [0.25, 0.3) is 0 Å². The van der Waals surface area contributed by atoms with Crippen molar-refractivity contribution < 1.29 is 0 Å². The molecule has 6 nitrogen and oxygen atoms in total. The van der Waals surface area contributed by atoms with Gasteiger partial charge in [0.15, 0.2) is 5.96 Å². The lowest BCUT2D eigenvalue weighted by Gasteiger charge is -2.39. The normalized spacial score (nSPS) is 20.3. The molecule has 1 N–H and O–H groups in total. The van der Waals surface area contributed by atoms with Gasteiger partial charge in [0.2, 0.25) is 0 Å². The second-order valence-corrected chi connectivity index (χ2v) is 7.97. The number of benzene rings is 1. The van der Waals surface area contributed by atoms with E-state index in [0.29, 0.717) is 12.0 Å². The van der Waals surface area contributed by atoms with Crippen molar-refractivity contribution in [1.29, 1.82) is 0 Å². The molecule has 1 aromatic carbocycles. The number of imidazole rings is 1. The highest BCUT2D eigenvalue weighted by atomic mass is 15.3. The van der Waals surface area contributed by atoms with Crippen LogP contribution in [0.5, 0.6) is 0 Å². The summed E-state index contributed by atoms with van der Waals surface area (Å²) in [6, 6.07) is 9.38. The quantitative estimate of drug-likeness (QED) is 0.576. The molecule has 1 aromatic heterocycles. The van der Waals surface area contributed by atoms with Crippen LogP contribution >= 0.6 is 0 Å². The van der Waals surface area contributed by atoms with E-state index in [1.54, 1.807) is 0 Å². The highest BCUT2D eigenvalue weighted by Crippen LogP contribution is 2.27. The molecule has 2 atom stereocenters. The summed E-state index contributed by atoms with van der Waals surface area (Å²) in [5, 5.41) is 3.56. The summed E-state index contributed by atoms with van der Waals surface area (Å²) < 4.78 is 2.23. The number of nitrogens with zero attached hydrogens (tertiary/aromatic N) is 5. The van der Waals surface area contributed by atoms with E-state index < -0.39 is 0 Å². The van der Waals surface area contributed by atoms with Gasteiger partial charge in [-0.3, -0.25) is 9.89 Å². The smallest absolute Gasteiger partial charge is 0.193 e. The summed E-state index contributed by atoms with van der Waals surface area (Å²) in [7, 11) is 1.87. The van der Waals surface area contributed by atoms with Gasteiger partial charge in [-0.1, -0.05) is 45.0 Å². The number of aliphatic imine (C=N–C) groups is 1. The Bertz CT molecular complexity index is 748. The Morgan fingerprint density at radius 3 is 2.55 bits per heavy atom. The second-order valence-electron chi connectivity index (χ2n) is 7.97. The fourth-order valence-corrected chi connectivity index (χ4v) is 4.08. The Morgan fingerprint density at radius 1 is 1.21 bits per heavy atom. The molecule has 0 bridgehead atoms. The van der Waals surface area contributed by atoms with Crippen molar-refractivity contribution in [2.75, 3.05) is 33.2 Å². The lowest BCUT2D eigenvalue weighted by atomic mass is 9.93. The predicted molar refractivity (Wildman–Crippen MR) is 120 cm³/mol. The summed E-state index contributed by atoms with van der Waals surface area (Å²) in [4.78, 5) is 13.6. The molecule has 1 aliphatic rings. The molecule has 0 spiro atoms. The van der Waals surface area contributed by atoms with Crippen LogP contribution in [0, 0.1) is 5.92 Å². The van der Waals surface area contributed by atoms with Crippen LogP contribution in [0.15, 0.2) is 48.0 Å². The molecule has 3 rings (SSSR count). The van der Waals surface area contributed by atoms with Crippen LogP contribution in [-0.4, -0.2) is 58.5 Å². The zero-order valence-corrected chi connectivity index (χ0v) is 18.4. The number of guanidine groups is 1. The fraction of sp³-hybridized carbons (Fsp3) is 0.565. The van der Waals surface area contributed by atoms with E-state index >= 15 is 0 Å². The molecule has 0 radical (unpaired) electrons. The molecular formula is C23H36N6. The number of aromatic nitrogens is 2. The standard InChI is InChI=1S/C23H36N6/c1-5-27(6-2)16-21-9-7-20(8-10-21)15-26-23(24-4)28-13-11-19(3)22(17-28)29-14-12-25-18-29/h7-10,12,14,18-19,22H,5-6,11,13,15-17H2,1-4H3,(H,24,26). The molecule has 6 heteroatoms. The fourth-order valence-electron chi connectivity index (χ4n) is 4.08. The van der Waals surface area contributed by atoms with Crippen molar-refractivity contribution in [1.82, 2.24) is 24.7 Å². The molecule has 0 aliphatic carbocycles. The van der Waals surface area contributed by atoms with Crippen LogP contribution in [0.3, 0.4) is 0 Å². The highest BCUT2D eigenvalue weighted by molar-refractivity contribution is 5.80. The van der Waals surface area contributed by atoms with E-state index in [9.17, 15) is 0 Å². The van der Waals surface area contributed by atoms with E-state index in [1.165, 1.54) is 11.1 Å². The molecule has 0 saturated carbocycles. The molecule has 1 fully saturated rings. The SMILES string of the molecule is CCN(CC)Cc1ccc(CNC(=NC)N2CCC(C)C(n3ccnc3)C2)cc1. The van der Waals surface area contributed by atoms with Crippen molar-refractivity contribution in [3.05, 3.63) is 54.1 Å². The summed E-state index contributed by atoms with van der Waals surface area (Å²) in [6.45, 7) is 12.7. The number of nitrogens with one attached hydrogen (secondary N) is 1. The lowest BCUT2D eigenvalue weighted by molar-refractivity contribution is 0.189. The molecular weight excluding hydrogens is 360 g/mol. The molecule has 1 saturated heterocycles. The first kappa shape index (κ1) is 21.4.